The van der Waals surface area contributed by atoms with Crippen molar-refractivity contribution >= 4 is 6.09 Å². The van der Waals surface area contributed by atoms with E-state index in [1.54, 1.807) is 20.8 Å². The number of nitrogens with one attached hydrogen (secondary N) is 1. The molecule has 0 aliphatic heterocycles. The van der Waals surface area contributed by atoms with Crippen molar-refractivity contribution in [3.05, 3.63) is 35.1 Å². The van der Waals surface area contributed by atoms with Crippen molar-refractivity contribution in [2.75, 3.05) is 13.1 Å². The van der Waals surface area contributed by atoms with E-state index in [1.165, 1.54) is 0 Å². The first-order valence-electron chi connectivity index (χ1n) is 6.97. The molecule has 1 amide bonds. The molecule has 0 saturated carbocycles. The number of ether oxygens (including phenoxy) is 1. The van der Waals surface area contributed by atoms with Gasteiger partial charge in [0.2, 0.25) is 0 Å². The van der Waals surface area contributed by atoms with Gasteiger partial charge in [0.1, 0.15) is 11.4 Å². The summed E-state index contributed by atoms with van der Waals surface area (Å²) in [5.74, 6) is -1.67. The second kappa shape index (κ2) is 7.16. The highest BCUT2D eigenvalue weighted by Gasteiger charge is 2.31. The topological polar surface area (TPSA) is 64.3 Å². The highest BCUT2D eigenvalue weighted by molar-refractivity contribution is 5.67. The van der Waals surface area contributed by atoms with E-state index in [0.29, 0.717) is 6.07 Å². The second-order valence-corrected chi connectivity index (χ2v) is 6.05. The van der Waals surface area contributed by atoms with Crippen molar-refractivity contribution in [1.82, 2.24) is 5.32 Å². The summed E-state index contributed by atoms with van der Waals surface area (Å²) in [7, 11) is 0. The van der Waals surface area contributed by atoms with E-state index < -0.39 is 35.2 Å². The molecule has 3 N–H and O–H groups in total. The summed E-state index contributed by atoms with van der Waals surface area (Å²) < 4.78 is 56.5. The van der Waals surface area contributed by atoms with E-state index in [0.717, 1.165) is 12.1 Å². The molecule has 8 heteroatoms. The van der Waals surface area contributed by atoms with E-state index in [4.69, 9.17) is 10.5 Å². The molecule has 0 heterocycles. The zero-order valence-electron chi connectivity index (χ0n) is 13.1. The van der Waals surface area contributed by atoms with Gasteiger partial charge in [0, 0.05) is 19.0 Å². The van der Waals surface area contributed by atoms with Crippen molar-refractivity contribution in [3.8, 4) is 0 Å². The van der Waals surface area contributed by atoms with Gasteiger partial charge in [-0.15, -0.1) is 0 Å². The van der Waals surface area contributed by atoms with Gasteiger partial charge in [-0.1, -0.05) is 6.07 Å². The van der Waals surface area contributed by atoms with Crippen molar-refractivity contribution in [2.45, 2.75) is 38.5 Å². The number of rotatable bonds is 4. The van der Waals surface area contributed by atoms with Gasteiger partial charge in [-0.05, 0) is 38.5 Å². The zero-order valence-corrected chi connectivity index (χ0v) is 13.1. The minimum atomic E-state index is -4.62. The Hall–Kier alpha value is -1.83. The van der Waals surface area contributed by atoms with Crippen LogP contribution in [0.3, 0.4) is 0 Å². The van der Waals surface area contributed by atoms with E-state index in [-0.39, 0.29) is 18.7 Å². The zero-order chi connectivity index (χ0) is 17.8. The van der Waals surface area contributed by atoms with Gasteiger partial charge in [0.15, 0.2) is 0 Å². The van der Waals surface area contributed by atoms with Gasteiger partial charge in [0.05, 0.1) is 5.56 Å². The number of alkyl carbamates (subject to hydrolysis) is 1. The number of carbonyl (C=O) groups is 1. The van der Waals surface area contributed by atoms with Crippen molar-refractivity contribution in [1.29, 1.82) is 0 Å². The SMILES string of the molecule is CC(C)(C)OC(=O)NCC(CN)c1ccc(C(F)(F)F)cc1F. The first-order chi connectivity index (χ1) is 10.4. The van der Waals surface area contributed by atoms with E-state index >= 15 is 0 Å². The lowest BCUT2D eigenvalue weighted by atomic mass is 9.97. The lowest BCUT2D eigenvalue weighted by Crippen LogP contribution is -2.36. The van der Waals surface area contributed by atoms with E-state index in [9.17, 15) is 22.4 Å². The number of hydrogen-bond acceptors (Lipinski definition) is 3. The fourth-order valence-electron chi connectivity index (χ4n) is 1.88. The highest BCUT2D eigenvalue weighted by atomic mass is 19.4. The summed E-state index contributed by atoms with van der Waals surface area (Å²) in [6.45, 7) is 4.96. The Morgan fingerprint density at radius 2 is 1.91 bits per heavy atom. The molecule has 4 nitrogen and oxygen atoms in total. The molecular formula is C15H20F4N2O2. The predicted octanol–water partition coefficient (Wildman–Crippen LogP) is 3.41. The van der Waals surface area contributed by atoms with Gasteiger partial charge in [0.25, 0.3) is 0 Å². The predicted molar refractivity (Wildman–Crippen MR) is 77.4 cm³/mol. The number of alkyl halides is 3. The minimum absolute atomic E-state index is 0.0107. The summed E-state index contributed by atoms with van der Waals surface area (Å²) in [6.07, 6.45) is -5.32. The summed E-state index contributed by atoms with van der Waals surface area (Å²) in [5.41, 5.74) is 3.77. The average molecular weight is 336 g/mol. The molecule has 130 valence electrons. The van der Waals surface area contributed by atoms with Crippen LogP contribution in [0.5, 0.6) is 0 Å². The number of amides is 1. The smallest absolute Gasteiger partial charge is 0.416 e. The second-order valence-electron chi connectivity index (χ2n) is 6.05. The summed E-state index contributed by atoms with van der Waals surface area (Å²) in [5, 5.41) is 2.43. The maximum Gasteiger partial charge on any atom is 0.416 e. The molecule has 0 spiro atoms. The van der Waals surface area contributed by atoms with Gasteiger partial charge in [-0.3, -0.25) is 0 Å². The molecule has 0 aromatic heterocycles. The standard InChI is InChI=1S/C15H20F4N2O2/c1-14(2,3)23-13(22)21-8-9(7-20)11-5-4-10(6-12(11)16)15(17,18)19/h4-6,9H,7-8,20H2,1-3H3,(H,21,22). The van der Waals surface area contributed by atoms with Crippen molar-refractivity contribution < 1.29 is 27.1 Å². The Morgan fingerprint density at radius 3 is 2.35 bits per heavy atom. The molecular weight excluding hydrogens is 316 g/mol. The lowest BCUT2D eigenvalue weighted by molar-refractivity contribution is -0.137. The highest BCUT2D eigenvalue weighted by Crippen LogP contribution is 2.31. The molecule has 1 atom stereocenters. The summed E-state index contributed by atoms with van der Waals surface area (Å²) in [6, 6.07) is 2.24. The molecule has 0 fully saturated rings. The number of halogens is 4. The van der Waals surface area contributed by atoms with Crippen LogP contribution in [-0.4, -0.2) is 24.8 Å². The van der Waals surface area contributed by atoms with Gasteiger partial charge < -0.3 is 15.8 Å². The molecule has 0 aliphatic rings. The van der Waals surface area contributed by atoms with E-state index in [2.05, 4.69) is 5.32 Å². The minimum Gasteiger partial charge on any atom is -0.444 e. The van der Waals surface area contributed by atoms with Crippen LogP contribution in [0, 0.1) is 5.82 Å². The van der Waals surface area contributed by atoms with Crippen LogP contribution in [0.1, 0.15) is 37.8 Å². The third kappa shape index (κ3) is 6.05. The van der Waals surface area contributed by atoms with Gasteiger partial charge in [-0.25, -0.2) is 9.18 Å². The lowest BCUT2D eigenvalue weighted by Gasteiger charge is -2.22. The number of benzene rings is 1. The molecule has 0 saturated heterocycles. The quantitative estimate of drug-likeness (QED) is 0.828. The van der Waals surface area contributed by atoms with Crippen LogP contribution in [0.15, 0.2) is 18.2 Å². The first kappa shape index (κ1) is 19.2. The Balaban J connectivity index is 2.81. The molecule has 1 aromatic carbocycles. The Kier molecular flexibility index (Phi) is 5.98. The normalized spacial score (nSPS) is 13.6. The fraction of sp³-hybridized carbons (Fsp3) is 0.533. The molecule has 23 heavy (non-hydrogen) atoms. The monoisotopic (exact) mass is 336 g/mol. The summed E-state index contributed by atoms with van der Waals surface area (Å²) in [4.78, 5) is 11.6. The molecule has 0 bridgehead atoms. The van der Waals surface area contributed by atoms with E-state index in [1.807, 2.05) is 0 Å². The fourth-order valence-corrected chi connectivity index (χ4v) is 1.88. The van der Waals surface area contributed by atoms with Crippen LogP contribution in [0.25, 0.3) is 0 Å². The Labute approximate surface area is 132 Å². The Bertz CT molecular complexity index is 553. The van der Waals surface area contributed by atoms with Crippen LogP contribution < -0.4 is 11.1 Å². The van der Waals surface area contributed by atoms with Gasteiger partial charge >= 0.3 is 12.3 Å². The molecule has 1 rings (SSSR count). The van der Waals surface area contributed by atoms with Crippen LogP contribution in [0.2, 0.25) is 0 Å². The summed E-state index contributed by atoms with van der Waals surface area (Å²) >= 11 is 0. The van der Waals surface area contributed by atoms with Gasteiger partial charge in [-0.2, -0.15) is 13.2 Å². The van der Waals surface area contributed by atoms with Crippen molar-refractivity contribution in [3.63, 3.8) is 0 Å². The first-order valence-corrected chi connectivity index (χ1v) is 6.97. The average Bonchev–Trinajstić information content (AvgIpc) is 2.37. The molecule has 0 radical (unpaired) electrons. The third-order valence-corrected chi connectivity index (χ3v) is 2.94. The van der Waals surface area contributed by atoms with Crippen LogP contribution in [0.4, 0.5) is 22.4 Å². The van der Waals surface area contributed by atoms with Crippen LogP contribution >= 0.6 is 0 Å². The largest absolute Gasteiger partial charge is 0.444 e. The molecule has 1 unspecified atom stereocenters. The molecule has 0 aliphatic carbocycles. The maximum absolute atomic E-state index is 13.9. The Morgan fingerprint density at radius 1 is 1.30 bits per heavy atom. The third-order valence-electron chi connectivity index (χ3n) is 2.94. The number of nitrogens with two attached hydrogens (primary N) is 1. The van der Waals surface area contributed by atoms with Crippen LogP contribution in [-0.2, 0) is 10.9 Å². The number of carbonyl (C=O) groups excluding carboxylic acids is 1. The molecule has 1 aromatic rings. The maximum atomic E-state index is 13.9. The number of hydrogen-bond donors (Lipinski definition) is 2. The van der Waals surface area contributed by atoms with Crippen molar-refractivity contribution in [2.24, 2.45) is 5.73 Å².